The molecule has 0 spiro atoms. The van der Waals surface area contributed by atoms with Crippen LogP contribution in [0.2, 0.25) is 0 Å². The zero-order chi connectivity index (χ0) is 15.2. The quantitative estimate of drug-likeness (QED) is 0.275. The summed E-state index contributed by atoms with van der Waals surface area (Å²) < 4.78 is 70.7. The van der Waals surface area contributed by atoms with Crippen LogP contribution in [0.15, 0.2) is 0 Å². The molecule has 0 saturated heterocycles. The molecule has 0 aliphatic heterocycles. The van der Waals surface area contributed by atoms with E-state index in [1.165, 1.54) is 0 Å². The van der Waals surface area contributed by atoms with Gasteiger partial charge in [0.1, 0.15) is 0 Å². The third kappa shape index (κ3) is 13.6. The fourth-order valence-electron chi connectivity index (χ4n) is 0.119. The van der Waals surface area contributed by atoms with Crippen LogP contribution in [0.5, 0.6) is 0 Å². The monoisotopic (exact) mass is 235 g/mol. The third-order valence-electron chi connectivity index (χ3n) is 0.406. The smallest absolute Gasteiger partial charge is 0.412 e. The molecule has 0 unspecified atom stereocenters. The van der Waals surface area contributed by atoms with Crippen molar-refractivity contribution in [3.8, 4) is 0 Å². The molecule has 0 aromatic rings. The van der Waals surface area contributed by atoms with E-state index in [4.69, 9.17) is 13.7 Å². The van der Waals surface area contributed by atoms with Gasteiger partial charge in [0.05, 0.1) is 0 Å². The van der Waals surface area contributed by atoms with Crippen molar-refractivity contribution in [1.29, 1.82) is 0 Å². The number of nitrogens with zero attached hydrogens (tertiary/aromatic N) is 1. The van der Waals surface area contributed by atoms with Crippen LogP contribution in [0, 0.1) is 0 Å². The van der Waals surface area contributed by atoms with E-state index in [-0.39, 0.29) is 50.9 Å². The molecule has 12 heavy (non-hydrogen) atoms. The maximum Gasteiger partial charge on any atom is 1.00 e. The maximum atomic E-state index is 7.39. The molecular weight excluding hydrogens is 209 g/mol. The van der Waals surface area contributed by atoms with Crippen molar-refractivity contribution in [3.63, 3.8) is 0 Å². The van der Waals surface area contributed by atoms with Gasteiger partial charge >= 0.3 is 29.6 Å². The van der Waals surface area contributed by atoms with Crippen molar-refractivity contribution in [3.05, 3.63) is 0 Å². The number of hydrogen-bond acceptors (Lipinski definition) is 2. The van der Waals surface area contributed by atoms with E-state index in [1.807, 2.05) is 0 Å². The summed E-state index contributed by atoms with van der Waals surface area (Å²) in [5, 5.41) is 0. The predicted molar refractivity (Wildman–Crippen MR) is 53.7 cm³/mol. The molecule has 0 bridgehead atoms. The van der Waals surface area contributed by atoms with Crippen molar-refractivity contribution in [2.75, 3.05) is 13.0 Å². The Balaban J connectivity index is -0.000000241. The molecule has 0 fully saturated rings. The Labute approximate surface area is 120 Å². The summed E-state index contributed by atoms with van der Waals surface area (Å²) in [7, 11) is 0. The fraction of sp³-hybridized carbons (Fsp3) is 0.800. The first-order valence-electron chi connectivity index (χ1n) is 6.58. The molecule has 0 amide bonds. The molecule has 0 rings (SSSR count). The van der Waals surface area contributed by atoms with Crippen LogP contribution in [0.25, 0.3) is 0 Å². The molecule has 0 saturated carbocycles. The summed E-state index contributed by atoms with van der Waals surface area (Å²) in [6.07, 6.45) is 0. The number of hydrogen-bond donors (Lipinski definition) is 0. The molecule has 6 N–H and O–H groups in total. The van der Waals surface area contributed by atoms with Gasteiger partial charge in [0, 0.05) is 26.7 Å². The zero-order valence-electron chi connectivity index (χ0n) is 16.3. The molecular formula is C5H16NNaO3S2. The largest absolute Gasteiger partial charge is 1.00 e. The standard InChI is InChI=1S/C5H11NS2.Na.3H2O/c1-3-6(4-2)5(7)8;;;;/h3-4H2,1-2H3,(H,7,8);;3*1H2/q;+1;;;/p-1/i1D3,2D3,3D2,4D2;;;;. The van der Waals surface area contributed by atoms with E-state index in [1.54, 1.807) is 0 Å². The summed E-state index contributed by atoms with van der Waals surface area (Å²) in [5.74, 6) is 0. The Kier molecular flexibility index (Phi) is 8.62. The maximum absolute atomic E-state index is 7.39. The Hall–Kier alpha value is 0.990. The van der Waals surface area contributed by atoms with Crippen LogP contribution < -0.4 is 29.6 Å². The molecule has 0 aromatic carbocycles. The minimum Gasteiger partial charge on any atom is -0.412 e. The van der Waals surface area contributed by atoms with E-state index in [2.05, 4.69) is 24.8 Å². The van der Waals surface area contributed by atoms with Gasteiger partial charge in [0.25, 0.3) is 0 Å². The predicted octanol–water partition coefficient (Wildman–Crippen LogP) is -4.31. The van der Waals surface area contributed by atoms with Gasteiger partial charge in [-0.05, 0) is 13.7 Å². The van der Waals surface area contributed by atoms with Gasteiger partial charge in [-0.25, -0.2) is 0 Å². The van der Waals surface area contributed by atoms with Gasteiger partial charge in [-0.1, -0.05) is 4.32 Å². The number of rotatable bonds is 2. The molecule has 0 atom stereocenters. The second kappa shape index (κ2) is 17.9. The Morgan fingerprint density at radius 2 is 1.75 bits per heavy atom. The summed E-state index contributed by atoms with van der Waals surface area (Å²) in [6.45, 7) is -13.3. The van der Waals surface area contributed by atoms with Crippen molar-refractivity contribution >= 4 is 29.2 Å². The molecule has 0 radical (unpaired) electrons. The van der Waals surface area contributed by atoms with Crippen LogP contribution in [0.1, 0.15) is 27.4 Å². The van der Waals surface area contributed by atoms with E-state index in [0.717, 1.165) is 0 Å². The molecule has 4 nitrogen and oxygen atoms in total. The molecule has 0 aromatic heterocycles. The Morgan fingerprint density at radius 1 is 1.42 bits per heavy atom. The van der Waals surface area contributed by atoms with Crippen LogP contribution in [0.4, 0.5) is 0 Å². The normalized spacial score (nSPS) is 22.7. The van der Waals surface area contributed by atoms with E-state index < -0.39 is 31.0 Å². The number of thiocarbonyl (C=S) groups is 1. The van der Waals surface area contributed by atoms with E-state index in [9.17, 15) is 0 Å². The van der Waals surface area contributed by atoms with Gasteiger partial charge in [0.2, 0.25) is 0 Å². The first-order valence-corrected chi connectivity index (χ1v) is 2.40. The van der Waals surface area contributed by atoms with Crippen LogP contribution >= 0.6 is 12.2 Å². The van der Waals surface area contributed by atoms with Gasteiger partial charge in [0.15, 0.2) is 0 Å². The zero-order valence-corrected chi connectivity index (χ0v) is 9.90. The van der Waals surface area contributed by atoms with Gasteiger partial charge < -0.3 is 46.2 Å². The Bertz CT molecular complexity index is 322. The minimum absolute atomic E-state index is 0. The van der Waals surface area contributed by atoms with Gasteiger partial charge in [-0.15, -0.1) is 0 Å². The fourth-order valence-corrected chi connectivity index (χ4v) is 0.302. The second-order valence-corrected chi connectivity index (χ2v) is 1.86. The average molecular weight is 235 g/mol. The van der Waals surface area contributed by atoms with Crippen LogP contribution in [-0.2, 0) is 12.6 Å². The summed E-state index contributed by atoms with van der Waals surface area (Å²) in [4.78, 5) is -0.204. The SMILES string of the molecule is O.O.O.[2H]C([2H])([2H])C([2H])([2H])N(C(=S)[S-])C([2H])([2H])C([2H])([2H])[2H].[Na+]. The minimum atomic E-state index is -3.33. The third-order valence-corrected chi connectivity index (χ3v) is 0.771. The average Bonchev–Trinajstić information content (AvgIpc) is 1.96. The summed E-state index contributed by atoms with van der Waals surface area (Å²) in [5.41, 5.74) is 0. The molecule has 0 aliphatic rings. The van der Waals surface area contributed by atoms with Crippen molar-refractivity contribution in [2.24, 2.45) is 0 Å². The Morgan fingerprint density at radius 3 is 1.92 bits per heavy atom. The van der Waals surface area contributed by atoms with E-state index >= 15 is 0 Å². The van der Waals surface area contributed by atoms with E-state index in [0.29, 0.717) is 0 Å². The summed E-state index contributed by atoms with van der Waals surface area (Å²) >= 11 is 8.82. The first kappa shape index (κ1) is 5.77. The second-order valence-electron chi connectivity index (χ2n) is 0.825. The van der Waals surface area contributed by atoms with Crippen LogP contribution in [-0.4, -0.2) is 38.6 Å². The van der Waals surface area contributed by atoms with Crippen molar-refractivity contribution in [2.45, 2.75) is 13.7 Å². The van der Waals surface area contributed by atoms with Crippen LogP contribution in [0.3, 0.4) is 0 Å². The molecule has 72 valence electrons. The topological polar surface area (TPSA) is 97.7 Å². The van der Waals surface area contributed by atoms with Crippen molar-refractivity contribution in [1.82, 2.24) is 4.90 Å². The van der Waals surface area contributed by atoms with Gasteiger partial charge in [-0.3, -0.25) is 0 Å². The van der Waals surface area contributed by atoms with Crippen molar-refractivity contribution < 1.29 is 59.7 Å². The molecule has 0 aliphatic carbocycles. The molecule has 7 heteroatoms. The van der Waals surface area contributed by atoms with Gasteiger partial charge in [-0.2, -0.15) is 0 Å². The molecule has 0 heterocycles. The summed E-state index contributed by atoms with van der Waals surface area (Å²) in [6, 6.07) is 0. The first-order chi connectivity index (χ1) is 7.57.